The molecule has 88 valence electrons. The van der Waals surface area contributed by atoms with Crippen LogP contribution in [0, 0.1) is 11.6 Å². The van der Waals surface area contributed by atoms with E-state index in [0.717, 1.165) is 24.5 Å². The molecule has 0 aromatic heterocycles. The van der Waals surface area contributed by atoms with Crippen molar-refractivity contribution in [2.45, 2.75) is 32.2 Å². The summed E-state index contributed by atoms with van der Waals surface area (Å²) in [5, 5.41) is 0. The van der Waals surface area contributed by atoms with Gasteiger partial charge >= 0.3 is 0 Å². The lowest BCUT2D eigenvalue weighted by Gasteiger charge is -2.11. The van der Waals surface area contributed by atoms with Gasteiger partial charge in [0.05, 0.1) is 0 Å². The van der Waals surface area contributed by atoms with E-state index >= 15 is 0 Å². The van der Waals surface area contributed by atoms with Gasteiger partial charge in [-0.1, -0.05) is 5.57 Å². The second-order valence-electron chi connectivity index (χ2n) is 4.24. The van der Waals surface area contributed by atoms with Gasteiger partial charge < -0.3 is 5.73 Å². The predicted octanol–water partition coefficient (Wildman–Crippen LogP) is 3.19. The van der Waals surface area contributed by atoms with Gasteiger partial charge in [0.1, 0.15) is 11.6 Å². The van der Waals surface area contributed by atoms with Gasteiger partial charge in [-0.15, -0.1) is 6.58 Å². The van der Waals surface area contributed by atoms with E-state index in [2.05, 4.69) is 6.58 Å². The standard InChI is InChI=1S/C13H17F2N/c1-9(2)3-4-13(16)7-10-5-11(14)8-12(15)6-10/h5-6,8,13H,1,3-4,7,16H2,2H3. The molecule has 16 heavy (non-hydrogen) atoms. The Balaban J connectivity index is 2.55. The molecule has 3 heteroatoms. The van der Waals surface area contributed by atoms with E-state index in [4.69, 9.17) is 5.73 Å². The van der Waals surface area contributed by atoms with Crippen LogP contribution in [0.25, 0.3) is 0 Å². The molecule has 0 fully saturated rings. The second kappa shape index (κ2) is 5.75. The fraction of sp³-hybridized carbons (Fsp3) is 0.385. The lowest BCUT2D eigenvalue weighted by molar-refractivity contribution is 0.568. The molecule has 1 aromatic carbocycles. The molecule has 0 saturated carbocycles. The van der Waals surface area contributed by atoms with Gasteiger partial charge in [-0.3, -0.25) is 0 Å². The van der Waals surface area contributed by atoms with Gasteiger partial charge in [-0.05, 0) is 43.9 Å². The van der Waals surface area contributed by atoms with E-state index in [1.54, 1.807) is 0 Å². The SMILES string of the molecule is C=C(C)CCC(N)Cc1cc(F)cc(F)c1. The minimum absolute atomic E-state index is 0.0853. The number of hydrogen-bond donors (Lipinski definition) is 1. The Labute approximate surface area is 95.0 Å². The zero-order chi connectivity index (χ0) is 12.1. The summed E-state index contributed by atoms with van der Waals surface area (Å²) in [6, 6.07) is 3.42. The highest BCUT2D eigenvalue weighted by Crippen LogP contribution is 2.12. The fourth-order valence-electron chi connectivity index (χ4n) is 1.57. The van der Waals surface area contributed by atoms with Gasteiger partial charge in [-0.2, -0.15) is 0 Å². The van der Waals surface area contributed by atoms with Gasteiger partial charge in [0.2, 0.25) is 0 Å². The third kappa shape index (κ3) is 4.53. The maximum Gasteiger partial charge on any atom is 0.126 e. The van der Waals surface area contributed by atoms with Gasteiger partial charge in [0.15, 0.2) is 0 Å². The van der Waals surface area contributed by atoms with Crippen molar-refractivity contribution in [3.8, 4) is 0 Å². The summed E-state index contributed by atoms with van der Waals surface area (Å²) in [5.41, 5.74) is 7.54. The molecule has 0 radical (unpaired) electrons. The van der Waals surface area contributed by atoms with E-state index < -0.39 is 11.6 Å². The summed E-state index contributed by atoms with van der Waals surface area (Å²) in [4.78, 5) is 0. The average molecular weight is 225 g/mol. The lowest BCUT2D eigenvalue weighted by Crippen LogP contribution is -2.22. The maximum atomic E-state index is 12.9. The van der Waals surface area contributed by atoms with E-state index in [9.17, 15) is 8.78 Å². The van der Waals surface area contributed by atoms with Crippen LogP contribution < -0.4 is 5.73 Å². The van der Waals surface area contributed by atoms with E-state index in [-0.39, 0.29) is 6.04 Å². The van der Waals surface area contributed by atoms with E-state index in [0.29, 0.717) is 12.0 Å². The monoisotopic (exact) mass is 225 g/mol. The molecule has 1 nitrogen and oxygen atoms in total. The Kier molecular flexibility index (Phi) is 4.62. The summed E-state index contributed by atoms with van der Waals surface area (Å²) in [7, 11) is 0. The molecule has 1 aromatic rings. The summed E-state index contributed by atoms with van der Waals surface area (Å²) in [6.45, 7) is 5.73. The van der Waals surface area contributed by atoms with Crippen molar-refractivity contribution in [3.63, 3.8) is 0 Å². The summed E-state index contributed by atoms with van der Waals surface area (Å²) in [5.74, 6) is -1.11. The molecule has 0 aliphatic rings. The molecule has 0 bridgehead atoms. The molecular formula is C13H17F2N. The van der Waals surface area contributed by atoms with E-state index in [1.165, 1.54) is 12.1 Å². The zero-order valence-corrected chi connectivity index (χ0v) is 9.47. The highest BCUT2D eigenvalue weighted by Gasteiger charge is 2.06. The highest BCUT2D eigenvalue weighted by molar-refractivity contribution is 5.18. The number of rotatable bonds is 5. The molecule has 1 atom stereocenters. The normalized spacial score (nSPS) is 12.5. The first-order chi connectivity index (χ1) is 7.47. The van der Waals surface area contributed by atoms with Crippen LogP contribution in [0.15, 0.2) is 30.4 Å². The van der Waals surface area contributed by atoms with Crippen LogP contribution in [-0.4, -0.2) is 6.04 Å². The Bertz CT molecular complexity index is 354. The van der Waals surface area contributed by atoms with Crippen molar-refractivity contribution in [3.05, 3.63) is 47.5 Å². The first-order valence-corrected chi connectivity index (χ1v) is 5.32. The van der Waals surface area contributed by atoms with Crippen molar-refractivity contribution < 1.29 is 8.78 Å². The third-order valence-corrected chi connectivity index (χ3v) is 2.36. The fourth-order valence-corrected chi connectivity index (χ4v) is 1.57. The Morgan fingerprint density at radius 1 is 1.31 bits per heavy atom. The predicted molar refractivity (Wildman–Crippen MR) is 62.1 cm³/mol. The number of benzene rings is 1. The first kappa shape index (κ1) is 12.8. The number of halogens is 2. The Morgan fingerprint density at radius 2 is 1.88 bits per heavy atom. The second-order valence-corrected chi connectivity index (χ2v) is 4.24. The average Bonchev–Trinajstić information content (AvgIpc) is 2.12. The molecule has 2 N–H and O–H groups in total. The topological polar surface area (TPSA) is 26.0 Å². The van der Waals surface area contributed by atoms with Crippen LogP contribution in [0.5, 0.6) is 0 Å². The van der Waals surface area contributed by atoms with Gasteiger partial charge in [-0.25, -0.2) is 8.78 Å². The lowest BCUT2D eigenvalue weighted by atomic mass is 10.0. The molecule has 0 heterocycles. The summed E-state index contributed by atoms with van der Waals surface area (Å²) in [6.07, 6.45) is 2.12. The van der Waals surface area contributed by atoms with Crippen molar-refractivity contribution in [1.29, 1.82) is 0 Å². The summed E-state index contributed by atoms with van der Waals surface area (Å²) >= 11 is 0. The molecule has 0 aliphatic heterocycles. The van der Waals surface area contributed by atoms with Crippen molar-refractivity contribution in [2.75, 3.05) is 0 Å². The molecule has 0 saturated heterocycles. The minimum Gasteiger partial charge on any atom is -0.327 e. The Hall–Kier alpha value is -1.22. The molecular weight excluding hydrogens is 208 g/mol. The van der Waals surface area contributed by atoms with Crippen molar-refractivity contribution >= 4 is 0 Å². The van der Waals surface area contributed by atoms with Crippen LogP contribution in [-0.2, 0) is 6.42 Å². The third-order valence-electron chi connectivity index (χ3n) is 2.36. The van der Waals surface area contributed by atoms with Crippen LogP contribution >= 0.6 is 0 Å². The van der Waals surface area contributed by atoms with Crippen LogP contribution in [0.4, 0.5) is 8.78 Å². The first-order valence-electron chi connectivity index (χ1n) is 5.32. The quantitative estimate of drug-likeness (QED) is 0.765. The van der Waals surface area contributed by atoms with Gasteiger partial charge in [0.25, 0.3) is 0 Å². The van der Waals surface area contributed by atoms with Crippen LogP contribution in [0.1, 0.15) is 25.3 Å². The molecule has 1 rings (SSSR count). The largest absolute Gasteiger partial charge is 0.327 e. The number of allylic oxidation sites excluding steroid dienone is 1. The van der Waals surface area contributed by atoms with E-state index in [1.807, 2.05) is 6.92 Å². The molecule has 0 spiro atoms. The molecule has 0 aliphatic carbocycles. The maximum absolute atomic E-state index is 12.9. The van der Waals surface area contributed by atoms with Crippen LogP contribution in [0.3, 0.4) is 0 Å². The smallest absolute Gasteiger partial charge is 0.126 e. The zero-order valence-electron chi connectivity index (χ0n) is 9.47. The van der Waals surface area contributed by atoms with Crippen molar-refractivity contribution in [2.24, 2.45) is 5.73 Å². The van der Waals surface area contributed by atoms with Crippen LogP contribution in [0.2, 0.25) is 0 Å². The Morgan fingerprint density at radius 3 is 2.38 bits per heavy atom. The van der Waals surface area contributed by atoms with Crippen molar-refractivity contribution in [1.82, 2.24) is 0 Å². The molecule has 1 unspecified atom stereocenters. The number of hydrogen-bond acceptors (Lipinski definition) is 1. The number of nitrogens with two attached hydrogens (primary N) is 1. The summed E-state index contributed by atoms with van der Waals surface area (Å²) < 4.78 is 25.8. The minimum atomic E-state index is -0.554. The highest BCUT2D eigenvalue weighted by atomic mass is 19.1. The molecule has 0 amide bonds. The van der Waals surface area contributed by atoms with Gasteiger partial charge in [0, 0.05) is 12.1 Å².